The van der Waals surface area contributed by atoms with Crippen molar-refractivity contribution in [3.8, 4) is 22.6 Å². The third kappa shape index (κ3) is 2.09. The fourth-order valence-electron chi connectivity index (χ4n) is 4.19. The highest BCUT2D eigenvalue weighted by molar-refractivity contribution is 5.83. The first-order chi connectivity index (χ1) is 10.8. The summed E-state index contributed by atoms with van der Waals surface area (Å²) in [6.07, 6.45) is 8.94. The Labute approximate surface area is 131 Å². The van der Waals surface area contributed by atoms with Gasteiger partial charge in [-0.25, -0.2) is 0 Å². The number of hydrogen-bond acceptors (Lipinski definition) is 2. The molecule has 0 fully saturated rings. The molecule has 0 aromatic heterocycles. The van der Waals surface area contributed by atoms with E-state index in [0.717, 1.165) is 36.8 Å². The van der Waals surface area contributed by atoms with Gasteiger partial charge in [0, 0.05) is 11.1 Å². The summed E-state index contributed by atoms with van der Waals surface area (Å²) in [5.41, 5.74) is 6.97. The van der Waals surface area contributed by atoms with Crippen LogP contribution in [-0.2, 0) is 25.7 Å². The first-order valence-corrected chi connectivity index (χ1v) is 8.43. The van der Waals surface area contributed by atoms with E-state index in [2.05, 4.69) is 12.1 Å². The predicted octanol–water partition coefficient (Wildman–Crippen LogP) is 4.52. The first kappa shape index (κ1) is 13.7. The van der Waals surface area contributed by atoms with E-state index in [1.807, 2.05) is 0 Å². The molecule has 0 spiro atoms. The van der Waals surface area contributed by atoms with Crippen molar-refractivity contribution >= 4 is 0 Å². The lowest BCUT2D eigenvalue weighted by Crippen LogP contribution is -2.08. The topological polar surface area (TPSA) is 40.5 Å². The highest BCUT2D eigenvalue weighted by Gasteiger charge is 2.24. The molecule has 2 aliphatic rings. The molecule has 0 aliphatic heterocycles. The summed E-state index contributed by atoms with van der Waals surface area (Å²) in [6, 6.07) is 7.72. The average Bonchev–Trinajstić information content (AvgIpc) is 2.56. The SMILES string of the molecule is Oc1ccc2c(c1-c1c(O)ccc3c1CCCC3)CCCC2. The fourth-order valence-corrected chi connectivity index (χ4v) is 4.19. The van der Waals surface area contributed by atoms with Gasteiger partial charge < -0.3 is 10.2 Å². The Kier molecular flexibility index (Phi) is 3.33. The van der Waals surface area contributed by atoms with E-state index in [9.17, 15) is 10.2 Å². The maximum Gasteiger partial charge on any atom is 0.123 e. The Bertz CT molecular complexity index is 667. The van der Waals surface area contributed by atoms with Crippen LogP contribution in [0.5, 0.6) is 11.5 Å². The van der Waals surface area contributed by atoms with Crippen LogP contribution in [0.15, 0.2) is 24.3 Å². The van der Waals surface area contributed by atoms with Crippen molar-refractivity contribution in [1.82, 2.24) is 0 Å². The van der Waals surface area contributed by atoms with Crippen molar-refractivity contribution in [2.24, 2.45) is 0 Å². The molecular weight excluding hydrogens is 272 g/mol. The van der Waals surface area contributed by atoms with Gasteiger partial charge in [0.1, 0.15) is 11.5 Å². The van der Waals surface area contributed by atoms with Crippen LogP contribution < -0.4 is 0 Å². The van der Waals surface area contributed by atoms with Gasteiger partial charge in [0.05, 0.1) is 0 Å². The second kappa shape index (κ2) is 5.35. The lowest BCUT2D eigenvalue weighted by molar-refractivity contribution is 0.466. The Balaban J connectivity index is 2.00. The molecule has 114 valence electrons. The number of phenols is 2. The predicted molar refractivity (Wildman–Crippen MR) is 88.5 cm³/mol. The Morgan fingerprint density at radius 2 is 0.955 bits per heavy atom. The molecule has 0 atom stereocenters. The molecule has 0 saturated heterocycles. The minimum absolute atomic E-state index is 0.315. The van der Waals surface area contributed by atoms with Crippen LogP contribution in [0, 0.1) is 0 Å². The number of aromatic hydroxyl groups is 2. The van der Waals surface area contributed by atoms with Crippen LogP contribution in [0.2, 0.25) is 0 Å². The van der Waals surface area contributed by atoms with E-state index in [1.54, 1.807) is 12.1 Å². The number of rotatable bonds is 1. The summed E-state index contributed by atoms with van der Waals surface area (Å²) in [4.78, 5) is 0. The van der Waals surface area contributed by atoms with Crippen molar-refractivity contribution in [3.63, 3.8) is 0 Å². The molecule has 4 rings (SSSR count). The highest BCUT2D eigenvalue weighted by atomic mass is 16.3. The lowest BCUT2D eigenvalue weighted by atomic mass is 9.80. The molecule has 22 heavy (non-hydrogen) atoms. The minimum atomic E-state index is 0.315. The van der Waals surface area contributed by atoms with Gasteiger partial charge in [0.2, 0.25) is 0 Å². The van der Waals surface area contributed by atoms with Crippen LogP contribution in [0.4, 0.5) is 0 Å². The van der Waals surface area contributed by atoms with Gasteiger partial charge in [-0.3, -0.25) is 0 Å². The number of aryl methyl sites for hydroxylation is 2. The monoisotopic (exact) mass is 294 g/mol. The minimum Gasteiger partial charge on any atom is -0.507 e. The van der Waals surface area contributed by atoms with Crippen LogP contribution >= 0.6 is 0 Å². The number of benzene rings is 2. The Morgan fingerprint density at radius 1 is 0.545 bits per heavy atom. The van der Waals surface area contributed by atoms with Gasteiger partial charge in [0.15, 0.2) is 0 Å². The molecule has 2 aliphatic carbocycles. The second-order valence-electron chi connectivity index (χ2n) is 6.61. The zero-order valence-electron chi connectivity index (χ0n) is 12.9. The molecule has 0 saturated carbocycles. The lowest BCUT2D eigenvalue weighted by Gasteiger charge is -2.25. The van der Waals surface area contributed by atoms with Gasteiger partial charge in [-0.15, -0.1) is 0 Å². The molecule has 0 unspecified atom stereocenters. The van der Waals surface area contributed by atoms with E-state index >= 15 is 0 Å². The molecule has 0 heterocycles. The van der Waals surface area contributed by atoms with Crippen LogP contribution in [0.3, 0.4) is 0 Å². The smallest absolute Gasteiger partial charge is 0.123 e. The molecule has 2 aromatic carbocycles. The number of hydrogen-bond donors (Lipinski definition) is 2. The first-order valence-electron chi connectivity index (χ1n) is 8.43. The van der Waals surface area contributed by atoms with Gasteiger partial charge in [-0.1, -0.05) is 12.1 Å². The summed E-state index contributed by atoms with van der Waals surface area (Å²) >= 11 is 0. The molecule has 0 radical (unpaired) electrons. The van der Waals surface area contributed by atoms with Crippen molar-refractivity contribution < 1.29 is 10.2 Å². The van der Waals surface area contributed by atoms with Crippen LogP contribution in [0.25, 0.3) is 11.1 Å². The van der Waals surface area contributed by atoms with Crippen LogP contribution in [0.1, 0.15) is 47.9 Å². The van der Waals surface area contributed by atoms with Crippen molar-refractivity contribution in [2.75, 3.05) is 0 Å². The second-order valence-corrected chi connectivity index (χ2v) is 6.61. The fraction of sp³-hybridized carbons (Fsp3) is 0.400. The maximum absolute atomic E-state index is 10.5. The Hall–Kier alpha value is -1.96. The summed E-state index contributed by atoms with van der Waals surface area (Å²) in [6.45, 7) is 0. The molecule has 0 bridgehead atoms. The normalized spacial score (nSPS) is 16.9. The molecule has 2 heteroatoms. The van der Waals surface area contributed by atoms with E-state index in [0.29, 0.717) is 11.5 Å². The standard InChI is InChI=1S/C20H22O2/c21-17-11-9-13-5-1-3-7-15(13)19(17)20-16-8-4-2-6-14(16)10-12-18(20)22/h9-12,21-22H,1-8H2. The molecule has 0 amide bonds. The number of fused-ring (bicyclic) bond motifs is 2. The maximum atomic E-state index is 10.5. The van der Waals surface area contributed by atoms with Crippen LogP contribution in [-0.4, -0.2) is 10.2 Å². The molecular formula is C20H22O2. The summed E-state index contributed by atoms with van der Waals surface area (Å²) in [5, 5.41) is 21.1. The Morgan fingerprint density at radius 3 is 1.41 bits per heavy atom. The van der Waals surface area contributed by atoms with E-state index in [1.165, 1.54) is 47.9 Å². The largest absolute Gasteiger partial charge is 0.507 e. The summed E-state index contributed by atoms with van der Waals surface area (Å²) in [5.74, 6) is 0.629. The van der Waals surface area contributed by atoms with Crippen molar-refractivity contribution in [3.05, 3.63) is 46.5 Å². The van der Waals surface area contributed by atoms with Crippen molar-refractivity contribution in [1.29, 1.82) is 0 Å². The summed E-state index contributed by atoms with van der Waals surface area (Å²) in [7, 11) is 0. The van der Waals surface area contributed by atoms with Gasteiger partial charge in [-0.2, -0.15) is 0 Å². The molecule has 2 nitrogen and oxygen atoms in total. The third-order valence-corrected chi connectivity index (χ3v) is 5.27. The van der Waals surface area contributed by atoms with Crippen molar-refractivity contribution in [2.45, 2.75) is 51.4 Å². The van der Waals surface area contributed by atoms with E-state index in [-0.39, 0.29) is 0 Å². The van der Waals surface area contributed by atoms with Gasteiger partial charge >= 0.3 is 0 Å². The summed E-state index contributed by atoms with van der Waals surface area (Å²) < 4.78 is 0. The van der Waals surface area contributed by atoms with E-state index in [4.69, 9.17) is 0 Å². The zero-order valence-corrected chi connectivity index (χ0v) is 12.9. The van der Waals surface area contributed by atoms with E-state index < -0.39 is 0 Å². The third-order valence-electron chi connectivity index (χ3n) is 5.27. The zero-order chi connectivity index (χ0) is 15.1. The van der Waals surface area contributed by atoms with Gasteiger partial charge in [0.25, 0.3) is 0 Å². The molecule has 2 N–H and O–H groups in total. The quantitative estimate of drug-likeness (QED) is 0.811. The number of phenolic OH excluding ortho intramolecular Hbond substituents is 2. The average molecular weight is 294 g/mol. The van der Waals surface area contributed by atoms with Gasteiger partial charge in [-0.05, 0) is 85.8 Å². The highest BCUT2D eigenvalue weighted by Crippen LogP contribution is 2.45. The molecule has 2 aromatic rings.